The first-order valence-electron chi connectivity index (χ1n) is 8.35. The topological polar surface area (TPSA) is 184 Å². The first-order valence-corrected chi connectivity index (χ1v) is 8.35. The summed E-state index contributed by atoms with van der Waals surface area (Å²) in [5.41, 5.74) is 0. The smallest absolute Gasteiger partial charge is 0.104 e. The lowest BCUT2D eigenvalue weighted by Crippen LogP contribution is -2.26. The molecule has 0 spiro atoms. The van der Waals surface area contributed by atoms with E-state index in [2.05, 4.69) is 6.58 Å². The Balaban J connectivity index is -0.000000513. The van der Waals surface area contributed by atoms with Gasteiger partial charge >= 0.3 is 0 Å². The van der Waals surface area contributed by atoms with Gasteiger partial charge in [0.25, 0.3) is 0 Å². The van der Waals surface area contributed by atoms with Gasteiger partial charge in [-0.2, -0.15) is 21.0 Å². The third-order valence-corrected chi connectivity index (χ3v) is 2.40. The highest BCUT2D eigenvalue weighted by Crippen LogP contribution is 1.98. The maximum Gasteiger partial charge on any atom is 0.104 e. The minimum absolute atomic E-state index is 0.268. The van der Waals surface area contributed by atoms with Crippen LogP contribution in [0.25, 0.3) is 0 Å². The summed E-state index contributed by atoms with van der Waals surface area (Å²) in [5, 5.41) is 56.6. The second-order valence-electron chi connectivity index (χ2n) is 4.72. The molecule has 0 heterocycles. The number of hydrogen-bond donors (Lipinski definition) is 3. The lowest BCUT2D eigenvalue weighted by Gasteiger charge is -2.17. The first-order chi connectivity index (χ1) is 13.6. The van der Waals surface area contributed by atoms with Crippen LogP contribution in [0, 0.1) is 45.3 Å². The second-order valence-corrected chi connectivity index (χ2v) is 4.72. The Kier molecular flexibility index (Phi) is 31.5. The molecule has 0 unspecified atom stereocenters. The predicted octanol–water partition coefficient (Wildman–Crippen LogP) is 0.174. The predicted molar refractivity (Wildman–Crippen MR) is 98.1 cm³/mol. The van der Waals surface area contributed by atoms with E-state index in [1.165, 1.54) is 6.08 Å². The minimum Gasteiger partial charge on any atom is -0.394 e. The van der Waals surface area contributed by atoms with E-state index in [4.69, 9.17) is 50.6 Å². The molecule has 0 aromatic heterocycles. The Morgan fingerprint density at radius 2 is 1.21 bits per heavy atom. The van der Waals surface area contributed by atoms with E-state index in [1.54, 1.807) is 6.07 Å². The third-order valence-electron chi connectivity index (χ3n) is 2.40. The molecule has 0 aliphatic carbocycles. The molecule has 0 aliphatic rings. The molecule has 0 amide bonds. The Morgan fingerprint density at radius 3 is 1.50 bits per heavy atom. The van der Waals surface area contributed by atoms with Crippen molar-refractivity contribution in [1.82, 2.24) is 0 Å². The van der Waals surface area contributed by atoms with Crippen LogP contribution in [0.15, 0.2) is 12.7 Å². The molecule has 0 bridgehead atoms. The quantitative estimate of drug-likeness (QED) is 0.286. The first kappa shape index (κ1) is 30.2. The summed E-state index contributed by atoms with van der Waals surface area (Å²) in [7, 11) is 0. The van der Waals surface area contributed by atoms with E-state index < -0.39 is 6.10 Å². The number of hydrogen-bond acceptors (Lipinski definition) is 10. The largest absolute Gasteiger partial charge is 0.394 e. The Bertz CT molecular complexity index is 478. The maximum absolute atomic E-state index is 8.41. The SMILES string of the molecule is C=CC#N.N#CCCOCC(COCCC#N)OCCC#N.OCC(O)CO. The zero-order valence-electron chi connectivity index (χ0n) is 15.9. The number of aliphatic hydroxyl groups excluding tert-OH is 3. The third kappa shape index (κ3) is 31.3. The van der Waals surface area contributed by atoms with Crippen LogP contribution < -0.4 is 0 Å². The molecule has 10 nitrogen and oxygen atoms in total. The Labute approximate surface area is 166 Å². The second kappa shape index (κ2) is 29.2. The van der Waals surface area contributed by atoms with Crippen LogP contribution >= 0.6 is 0 Å². The van der Waals surface area contributed by atoms with Gasteiger partial charge in [-0.25, -0.2) is 0 Å². The van der Waals surface area contributed by atoms with Crippen molar-refractivity contribution in [2.24, 2.45) is 0 Å². The summed E-state index contributed by atoms with van der Waals surface area (Å²) in [6.07, 6.45) is 0.938. The summed E-state index contributed by atoms with van der Waals surface area (Å²) in [6.45, 7) is 4.06. The highest BCUT2D eigenvalue weighted by atomic mass is 16.6. The summed E-state index contributed by atoms with van der Waals surface area (Å²) in [5.74, 6) is 0. The van der Waals surface area contributed by atoms with Crippen LogP contribution in [0.5, 0.6) is 0 Å². The molecule has 0 saturated heterocycles. The van der Waals surface area contributed by atoms with Crippen LogP contribution in [0.1, 0.15) is 19.3 Å². The molecule has 28 heavy (non-hydrogen) atoms. The monoisotopic (exact) mass is 396 g/mol. The van der Waals surface area contributed by atoms with Crippen molar-refractivity contribution in [2.75, 3.05) is 46.2 Å². The summed E-state index contributed by atoms with van der Waals surface area (Å²) >= 11 is 0. The van der Waals surface area contributed by atoms with Gasteiger partial charge in [-0.15, -0.1) is 0 Å². The van der Waals surface area contributed by atoms with Crippen molar-refractivity contribution in [3.05, 3.63) is 12.7 Å². The fraction of sp³-hybridized carbons (Fsp3) is 0.667. The normalized spacial score (nSPS) is 8.89. The van der Waals surface area contributed by atoms with E-state index >= 15 is 0 Å². The molecule has 0 atom stereocenters. The Hall–Kier alpha value is -2.54. The molecule has 0 rings (SSSR count). The van der Waals surface area contributed by atoms with Crippen LogP contribution in [0.3, 0.4) is 0 Å². The van der Waals surface area contributed by atoms with Crippen LogP contribution in [0.2, 0.25) is 0 Å². The van der Waals surface area contributed by atoms with E-state index in [-0.39, 0.29) is 19.3 Å². The van der Waals surface area contributed by atoms with Gasteiger partial charge in [0.2, 0.25) is 0 Å². The summed E-state index contributed by atoms with van der Waals surface area (Å²) in [4.78, 5) is 0. The van der Waals surface area contributed by atoms with Gasteiger partial charge in [-0.1, -0.05) is 6.58 Å². The summed E-state index contributed by atoms with van der Waals surface area (Å²) in [6, 6.07) is 7.63. The lowest BCUT2D eigenvalue weighted by molar-refractivity contribution is -0.0569. The van der Waals surface area contributed by atoms with Gasteiger partial charge in [0.1, 0.15) is 12.2 Å². The van der Waals surface area contributed by atoms with Gasteiger partial charge in [-0.3, -0.25) is 0 Å². The van der Waals surface area contributed by atoms with E-state index in [0.29, 0.717) is 52.3 Å². The van der Waals surface area contributed by atoms with Crippen LogP contribution in [-0.4, -0.2) is 73.8 Å². The van der Waals surface area contributed by atoms with E-state index in [9.17, 15) is 0 Å². The molecule has 0 aromatic rings. The standard InChI is InChI=1S/C12H17N3O3.C3H3N.C3H8O3/c13-4-1-7-16-10-12(18-9-3-6-15)11-17-8-2-5-14;1-2-3-4;4-1-3(6)2-5/h12H,1-3,7-11H2;2H,1H2;3-6H,1-2H2. The van der Waals surface area contributed by atoms with Gasteiger partial charge in [-0.05, 0) is 0 Å². The molecule has 0 aliphatic heterocycles. The molecule has 156 valence electrons. The number of aliphatic hydroxyl groups is 3. The molecule has 0 fully saturated rings. The molecule has 0 radical (unpaired) electrons. The lowest BCUT2D eigenvalue weighted by atomic mass is 10.4. The number of nitrogens with zero attached hydrogens (tertiary/aromatic N) is 4. The van der Waals surface area contributed by atoms with Gasteiger partial charge in [0.15, 0.2) is 0 Å². The number of allylic oxidation sites excluding steroid dienone is 1. The van der Waals surface area contributed by atoms with E-state index in [1.807, 2.05) is 18.2 Å². The maximum atomic E-state index is 8.41. The van der Waals surface area contributed by atoms with Crippen LogP contribution in [-0.2, 0) is 14.2 Å². The van der Waals surface area contributed by atoms with Crippen molar-refractivity contribution in [1.29, 1.82) is 21.0 Å². The van der Waals surface area contributed by atoms with Crippen molar-refractivity contribution in [3.8, 4) is 24.3 Å². The number of rotatable bonds is 13. The zero-order valence-corrected chi connectivity index (χ0v) is 15.9. The number of nitriles is 4. The Morgan fingerprint density at radius 1 is 0.821 bits per heavy atom. The zero-order chi connectivity index (χ0) is 21.9. The molecule has 10 heteroatoms. The van der Waals surface area contributed by atoms with Crippen molar-refractivity contribution >= 4 is 0 Å². The fourth-order valence-electron chi connectivity index (χ4n) is 1.14. The highest BCUT2D eigenvalue weighted by Gasteiger charge is 2.09. The van der Waals surface area contributed by atoms with Gasteiger partial charge < -0.3 is 29.5 Å². The van der Waals surface area contributed by atoms with Crippen LogP contribution in [0.4, 0.5) is 0 Å². The molecular formula is C18H28N4O6. The average molecular weight is 396 g/mol. The van der Waals surface area contributed by atoms with E-state index in [0.717, 1.165) is 0 Å². The average Bonchev–Trinajstić information content (AvgIpc) is 2.73. The molecule has 0 saturated carbocycles. The fourth-order valence-corrected chi connectivity index (χ4v) is 1.14. The van der Waals surface area contributed by atoms with Crippen molar-refractivity contribution in [3.63, 3.8) is 0 Å². The van der Waals surface area contributed by atoms with Crippen molar-refractivity contribution in [2.45, 2.75) is 31.5 Å². The molecule has 3 N–H and O–H groups in total. The molecular weight excluding hydrogens is 368 g/mol. The molecule has 0 aromatic carbocycles. The van der Waals surface area contributed by atoms with Gasteiger partial charge in [0.05, 0.1) is 89.8 Å². The van der Waals surface area contributed by atoms with Crippen molar-refractivity contribution < 1.29 is 29.5 Å². The summed E-state index contributed by atoms with van der Waals surface area (Å²) < 4.78 is 15.9. The number of ether oxygens (including phenoxy) is 3. The highest BCUT2D eigenvalue weighted by molar-refractivity contribution is 4.93. The minimum atomic E-state index is -0.954. The van der Waals surface area contributed by atoms with Gasteiger partial charge in [0, 0.05) is 6.08 Å².